The number of aryl methyl sites for hydroxylation is 1. The Balaban J connectivity index is 1.39. The zero-order chi connectivity index (χ0) is 17.2. The van der Waals surface area contributed by atoms with Crippen LogP contribution in [0.2, 0.25) is 0 Å². The number of hydrogen-bond donors (Lipinski definition) is 0. The van der Waals surface area contributed by atoms with Gasteiger partial charge in [-0.2, -0.15) is 0 Å². The number of carbonyl (C=O) groups is 1. The molecule has 0 N–H and O–H groups in total. The Kier molecular flexibility index (Phi) is 5.27. The van der Waals surface area contributed by atoms with E-state index >= 15 is 0 Å². The molecule has 3 heterocycles. The van der Waals surface area contributed by atoms with Crippen LogP contribution in [0.25, 0.3) is 10.2 Å². The van der Waals surface area contributed by atoms with E-state index in [1.165, 1.54) is 37.0 Å². The van der Waals surface area contributed by atoms with Crippen LogP contribution in [-0.2, 0) is 11.2 Å². The van der Waals surface area contributed by atoms with Gasteiger partial charge in [-0.15, -0.1) is 11.3 Å². The molecule has 25 heavy (non-hydrogen) atoms. The first-order valence-electron chi connectivity index (χ1n) is 9.38. The van der Waals surface area contributed by atoms with Crippen LogP contribution in [-0.4, -0.2) is 39.6 Å². The molecule has 2 aromatic rings. The molecule has 1 aliphatic carbocycles. The Morgan fingerprint density at radius 1 is 1.28 bits per heavy atom. The zero-order valence-corrected chi connectivity index (χ0v) is 16.4. The van der Waals surface area contributed by atoms with Gasteiger partial charge in [0.25, 0.3) is 0 Å². The van der Waals surface area contributed by atoms with Crippen LogP contribution >= 0.6 is 23.1 Å². The van der Waals surface area contributed by atoms with E-state index in [4.69, 9.17) is 0 Å². The number of carbonyl (C=O) groups excluding carboxylic acids is 1. The van der Waals surface area contributed by atoms with Gasteiger partial charge in [0, 0.05) is 23.4 Å². The van der Waals surface area contributed by atoms with Crippen molar-refractivity contribution in [1.82, 2.24) is 14.9 Å². The minimum absolute atomic E-state index is 0.270. The monoisotopic (exact) mass is 375 g/mol. The molecule has 2 fully saturated rings. The van der Waals surface area contributed by atoms with Crippen molar-refractivity contribution in [2.45, 2.75) is 50.5 Å². The largest absolute Gasteiger partial charge is 0.342 e. The molecule has 0 aromatic carbocycles. The van der Waals surface area contributed by atoms with Crippen LogP contribution in [0.4, 0.5) is 0 Å². The van der Waals surface area contributed by atoms with E-state index < -0.39 is 0 Å². The molecule has 4 rings (SSSR count). The van der Waals surface area contributed by atoms with Crippen LogP contribution in [0, 0.1) is 11.8 Å². The number of fused-ring (bicyclic) bond motifs is 2. The van der Waals surface area contributed by atoms with Crippen molar-refractivity contribution < 1.29 is 4.79 Å². The molecule has 1 amide bonds. The number of aromatic nitrogens is 2. The number of nitrogens with zero attached hydrogens (tertiary/aromatic N) is 3. The number of piperidine rings is 1. The fraction of sp³-hybridized carbons (Fsp3) is 0.632. The van der Waals surface area contributed by atoms with Crippen molar-refractivity contribution in [3.8, 4) is 0 Å². The summed E-state index contributed by atoms with van der Waals surface area (Å²) in [5.74, 6) is 2.36. The van der Waals surface area contributed by atoms with Gasteiger partial charge in [0.05, 0.1) is 5.75 Å². The second-order valence-electron chi connectivity index (χ2n) is 7.19. The minimum atomic E-state index is 0.270. The summed E-state index contributed by atoms with van der Waals surface area (Å²) in [5, 5.41) is 2.05. The third kappa shape index (κ3) is 3.70. The highest BCUT2D eigenvalue weighted by Gasteiger charge is 2.32. The fourth-order valence-corrected chi connectivity index (χ4v) is 6.10. The molecule has 2 aromatic heterocycles. The van der Waals surface area contributed by atoms with E-state index in [0.717, 1.165) is 46.6 Å². The molecule has 4 nitrogen and oxygen atoms in total. The summed E-state index contributed by atoms with van der Waals surface area (Å²) in [5.41, 5.74) is 0. The zero-order valence-electron chi connectivity index (χ0n) is 14.7. The Hall–Kier alpha value is -1.14. The van der Waals surface area contributed by atoms with Crippen molar-refractivity contribution in [3.05, 3.63) is 17.3 Å². The Morgan fingerprint density at radius 3 is 2.96 bits per heavy atom. The van der Waals surface area contributed by atoms with Gasteiger partial charge in [-0.3, -0.25) is 4.79 Å². The molecule has 1 saturated carbocycles. The van der Waals surface area contributed by atoms with E-state index in [1.54, 1.807) is 29.4 Å². The second-order valence-corrected chi connectivity index (χ2v) is 9.26. The minimum Gasteiger partial charge on any atom is -0.342 e. The maximum absolute atomic E-state index is 12.7. The van der Waals surface area contributed by atoms with E-state index in [-0.39, 0.29) is 5.91 Å². The molecule has 0 radical (unpaired) electrons. The van der Waals surface area contributed by atoms with E-state index in [9.17, 15) is 4.79 Å². The fourth-order valence-electron chi connectivity index (χ4n) is 4.22. The Bertz CT molecular complexity index is 760. The van der Waals surface area contributed by atoms with Gasteiger partial charge in [0.2, 0.25) is 5.91 Å². The normalized spacial score (nSPS) is 23.6. The van der Waals surface area contributed by atoms with Crippen LogP contribution < -0.4 is 0 Å². The number of amides is 1. The van der Waals surface area contributed by atoms with Gasteiger partial charge < -0.3 is 4.90 Å². The molecular formula is C19H25N3OS2. The van der Waals surface area contributed by atoms with Crippen molar-refractivity contribution in [2.24, 2.45) is 11.8 Å². The topological polar surface area (TPSA) is 46.1 Å². The Labute approximate surface area is 157 Å². The van der Waals surface area contributed by atoms with Gasteiger partial charge in [-0.05, 0) is 37.2 Å². The number of thiophene rings is 1. The highest BCUT2D eigenvalue weighted by molar-refractivity contribution is 8.00. The van der Waals surface area contributed by atoms with Crippen molar-refractivity contribution in [1.29, 1.82) is 0 Å². The average Bonchev–Trinajstić information content (AvgIpc) is 3.09. The predicted molar refractivity (Wildman–Crippen MR) is 104 cm³/mol. The maximum atomic E-state index is 12.7. The lowest BCUT2D eigenvalue weighted by Crippen LogP contribution is -2.45. The van der Waals surface area contributed by atoms with Crippen molar-refractivity contribution in [3.63, 3.8) is 0 Å². The van der Waals surface area contributed by atoms with Gasteiger partial charge in [-0.1, -0.05) is 37.9 Å². The molecule has 0 spiro atoms. The molecule has 0 unspecified atom stereocenters. The van der Waals surface area contributed by atoms with E-state index in [2.05, 4.69) is 27.9 Å². The summed E-state index contributed by atoms with van der Waals surface area (Å²) >= 11 is 3.30. The number of rotatable bonds is 4. The van der Waals surface area contributed by atoms with Gasteiger partial charge in [0.15, 0.2) is 0 Å². The summed E-state index contributed by atoms with van der Waals surface area (Å²) in [7, 11) is 0. The lowest BCUT2D eigenvalue weighted by Gasteiger charge is -2.41. The van der Waals surface area contributed by atoms with Crippen LogP contribution in [0.1, 0.15) is 43.9 Å². The lowest BCUT2D eigenvalue weighted by molar-refractivity contribution is -0.131. The summed E-state index contributed by atoms with van der Waals surface area (Å²) in [6.45, 7) is 4.07. The molecule has 0 bridgehead atoms. The third-order valence-corrected chi connectivity index (χ3v) is 7.85. The van der Waals surface area contributed by atoms with Crippen LogP contribution in [0.5, 0.6) is 0 Å². The van der Waals surface area contributed by atoms with Crippen LogP contribution in [0.15, 0.2) is 17.4 Å². The molecule has 134 valence electrons. The van der Waals surface area contributed by atoms with Crippen molar-refractivity contribution >= 4 is 39.2 Å². The summed E-state index contributed by atoms with van der Waals surface area (Å²) in [6, 6.07) is 2.18. The van der Waals surface area contributed by atoms with Gasteiger partial charge >= 0.3 is 0 Å². The first-order valence-corrected chi connectivity index (χ1v) is 11.2. The Morgan fingerprint density at radius 2 is 2.12 bits per heavy atom. The quantitative estimate of drug-likeness (QED) is 0.587. The second kappa shape index (κ2) is 7.62. The molecule has 6 heteroatoms. The number of likely N-dealkylation sites (tertiary alicyclic amines) is 1. The van der Waals surface area contributed by atoms with Gasteiger partial charge in [0.1, 0.15) is 16.2 Å². The van der Waals surface area contributed by atoms with Gasteiger partial charge in [-0.25, -0.2) is 9.97 Å². The molecule has 1 aliphatic heterocycles. The highest BCUT2D eigenvalue weighted by atomic mass is 32.2. The predicted octanol–water partition coefficient (Wildman–Crippen LogP) is 4.38. The summed E-state index contributed by atoms with van der Waals surface area (Å²) in [4.78, 5) is 26.0. The highest BCUT2D eigenvalue weighted by Crippen LogP contribution is 2.36. The first kappa shape index (κ1) is 17.3. The maximum Gasteiger partial charge on any atom is 0.232 e. The third-order valence-electron chi connectivity index (χ3n) is 5.67. The van der Waals surface area contributed by atoms with E-state index in [1.807, 2.05) is 0 Å². The lowest BCUT2D eigenvalue weighted by atomic mass is 9.75. The molecule has 2 atom stereocenters. The number of hydrogen-bond acceptors (Lipinski definition) is 5. The first-order chi connectivity index (χ1) is 12.2. The van der Waals surface area contributed by atoms with Crippen LogP contribution in [0.3, 0.4) is 0 Å². The molecule has 1 saturated heterocycles. The standard InChI is InChI=1S/C19H25N3OS2/c1-2-15-9-16-18(20-12-21-19(16)25-15)24-11-17(23)22-8-7-13-5-3-4-6-14(13)10-22/h9,12-14H,2-8,10-11H2,1H3/t13-,14-/m0/s1. The molecular weight excluding hydrogens is 350 g/mol. The summed E-state index contributed by atoms with van der Waals surface area (Å²) < 4.78 is 0. The van der Waals surface area contributed by atoms with Crippen molar-refractivity contribution in [2.75, 3.05) is 18.8 Å². The van der Waals surface area contributed by atoms with E-state index in [0.29, 0.717) is 5.75 Å². The number of thioether (sulfide) groups is 1. The molecule has 2 aliphatic rings. The SMILES string of the molecule is CCc1cc2c(SCC(=O)N3CC[C@@H]4CCCC[C@H]4C3)ncnc2s1. The summed E-state index contributed by atoms with van der Waals surface area (Å²) in [6.07, 6.45) is 9.24. The average molecular weight is 376 g/mol. The smallest absolute Gasteiger partial charge is 0.232 e.